The number of carboxylic acid groups (broad SMARTS) is 1. The molecule has 2 rings (SSSR count). The fraction of sp³-hybridized carbons (Fsp3) is 0.636. The van der Waals surface area contributed by atoms with Crippen LogP contribution in [0, 0.1) is 0 Å². The molecule has 9 nitrogen and oxygen atoms in total. The van der Waals surface area contributed by atoms with Crippen LogP contribution in [0.5, 0.6) is 0 Å². The zero-order chi connectivity index (χ0) is 14.4. The van der Waals surface area contributed by atoms with Crippen molar-refractivity contribution < 1.29 is 19.4 Å². The SMILES string of the molecule is O=C(NCCCc1ncn[nH]1)NC1(C(=O)O)CCOC1. The van der Waals surface area contributed by atoms with Crippen LogP contribution in [0.2, 0.25) is 0 Å². The fourth-order valence-electron chi connectivity index (χ4n) is 1.96. The Hall–Kier alpha value is -2.16. The second-order valence-electron chi connectivity index (χ2n) is 4.61. The summed E-state index contributed by atoms with van der Waals surface area (Å²) in [5.41, 5.74) is -1.31. The summed E-state index contributed by atoms with van der Waals surface area (Å²) >= 11 is 0. The van der Waals surface area contributed by atoms with Crippen molar-refractivity contribution in [2.75, 3.05) is 19.8 Å². The van der Waals surface area contributed by atoms with E-state index in [4.69, 9.17) is 9.84 Å². The number of carbonyl (C=O) groups is 2. The number of H-pyrrole nitrogens is 1. The van der Waals surface area contributed by atoms with Crippen molar-refractivity contribution in [2.24, 2.45) is 0 Å². The van der Waals surface area contributed by atoms with Gasteiger partial charge in [0.05, 0.1) is 6.61 Å². The van der Waals surface area contributed by atoms with Crippen molar-refractivity contribution in [1.82, 2.24) is 25.8 Å². The van der Waals surface area contributed by atoms with Crippen LogP contribution in [0.1, 0.15) is 18.7 Å². The minimum Gasteiger partial charge on any atom is -0.479 e. The third kappa shape index (κ3) is 3.44. The van der Waals surface area contributed by atoms with Gasteiger partial charge in [0, 0.05) is 26.0 Å². The lowest BCUT2D eigenvalue weighted by Crippen LogP contribution is -2.57. The van der Waals surface area contributed by atoms with Crippen molar-refractivity contribution in [3.8, 4) is 0 Å². The van der Waals surface area contributed by atoms with Crippen LogP contribution < -0.4 is 10.6 Å². The number of aliphatic carboxylic acids is 1. The molecule has 1 atom stereocenters. The highest BCUT2D eigenvalue weighted by Crippen LogP contribution is 2.18. The molecule has 1 aliphatic rings. The highest BCUT2D eigenvalue weighted by Gasteiger charge is 2.43. The van der Waals surface area contributed by atoms with Gasteiger partial charge < -0.3 is 20.5 Å². The van der Waals surface area contributed by atoms with Crippen molar-refractivity contribution >= 4 is 12.0 Å². The van der Waals surface area contributed by atoms with Gasteiger partial charge in [-0.15, -0.1) is 0 Å². The molecule has 0 spiro atoms. The first-order valence-electron chi connectivity index (χ1n) is 6.34. The average Bonchev–Trinajstić information content (AvgIpc) is 3.06. The normalized spacial score (nSPS) is 21.6. The first-order valence-corrected chi connectivity index (χ1v) is 6.34. The fourth-order valence-corrected chi connectivity index (χ4v) is 1.96. The van der Waals surface area contributed by atoms with Gasteiger partial charge in [-0.1, -0.05) is 0 Å². The lowest BCUT2D eigenvalue weighted by molar-refractivity contribution is -0.144. The van der Waals surface area contributed by atoms with Gasteiger partial charge in [0.2, 0.25) is 0 Å². The molecule has 0 bridgehead atoms. The Morgan fingerprint density at radius 2 is 2.40 bits per heavy atom. The molecule has 2 amide bonds. The first kappa shape index (κ1) is 14.3. The van der Waals surface area contributed by atoms with Crippen molar-refractivity contribution in [2.45, 2.75) is 24.8 Å². The third-order valence-electron chi connectivity index (χ3n) is 3.12. The predicted molar refractivity (Wildman–Crippen MR) is 67.0 cm³/mol. The highest BCUT2D eigenvalue weighted by atomic mass is 16.5. The lowest BCUT2D eigenvalue weighted by Gasteiger charge is -2.23. The molecule has 1 unspecified atom stereocenters. The molecule has 1 aliphatic heterocycles. The van der Waals surface area contributed by atoms with Crippen LogP contribution in [0.3, 0.4) is 0 Å². The van der Waals surface area contributed by atoms with Crippen LogP contribution in [-0.2, 0) is 16.0 Å². The zero-order valence-corrected chi connectivity index (χ0v) is 10.9. The maximum absolute atomic E-state index is 11.7. The average molecular weight is 283 g/mol. The standard InChI is InChI=1S/C11H17N5O4/c17-9(18)11(3-5-20-6-11)15-10(19)12-4-1-2-8-13-7-14-16-8/h7H,1-6H2,(H,17,18)(H2,12,15,19)(H,13,14,16). The van der Waals surface area contributed by atoms with Gasteiger partial charge in [0.15, 0.2) is 5.54 Å². The molecular weight excluding hydrogens is 266 g/mol. The maximum atomic E-state index is 11.7. The Labute approximate surface area is 115 Å². The number of hydrogen-bond donors (Lipinski definition) is 4. The summed E-state index contributed by atoms with van der Waals surface area (Å²) in [7, 11) is 0. The molecule has 20 heavy (non-hydrogen) atoms. The maximum Gasteiger partial charge on any atom is 0.332 e. The summed E-state index contributed by atoms with van der Waals surface area (Å²) in [4.78, 5) is 26.9. The van der Waals surface area contributed by atoms with Gasteiger partial charge in [-0.3, -0.25) is 5.10 Å². The van der Waals surface area contributed by atoms with E-state index in [2.05, 4.69) is 25.8 Å². The molecule has 0 aliphatic carbocycles. The topological polar surface area (TPSA) is 129 Å². The van der Waals surface area contributed by atoms with E-state index in [1.807, 2.05) is 0 Å². The Balaban J connectivity index is 1.70. The molecule has 0 saturated carbocycles. The van der Waals surface area contributed by atoms with Crippen LogP contribution in [0.25, 0.3) is 0 Å². The quantitative estimate of drug-likeness (QED) is 0.510. The molecule has 1 saturated heterocycles. The number of nitrogens with one attached hydrogen (secondary N) is 3. The Morgan fingerprint density at radius 3 is 3.00 bits per heavy atom. The van der Waals surface area contributed by atoms with Gasteiger partial charge in [0.25, 0.3) is 0 Å². The summed E-state index contributed by atoms with van der Waals surface area (Å²) in [5, 5.41) is 20.7. The van der Waals surface area contributed by atoms with E-state index in [1.165, 1.54) is 6.33 Å². The minimum atomic E-state index is -1.31. The smallest absolute Gasteiger partial charge is 0.332 e. The molecule has 0 radical (unpaired) electrons. The van der Waals surface area contributed by atoms with Crippen LogP contribution in [-0.4, -0.2) is 57.6 Å². The number of nitrogens with zero attached hydrogens (tertiary/aromatic N) is 2. The molecule has 1 fully saturated rings. The summed E-state index contributed by atoms with van der Waals surface area (Å²) in [5.74, 6) is -0.329. The number of carbonyl (C=O) groups excluding carboxylic acids is 1. The first-order chi connectivity index (χ1) is 9.62. The largest absolute Gasteiger partial charge is 0.479 e. The Morgan fingerprint density at radius 1 is 1.55 bits per heavy atom. The van der Waals surface area contributed by atoms with Crippen molar-refractivity contribution in [1.29, 1.82) is 0 Å². The van der Waals surface area contributed by atoms with Crippen molar-refractivity contribution in [3.63, 3.8) is 0 Å². The minimum absolute atomic E-state index is 0.00613. The van der Waals surface area contributed by atoms with Crippen LogP contribution >= 0.6 is 0 Å². The van der Waals surface area contributed by atoms with Gasteiger partial charge in [-0.25, -0.2) is 14.6 Å². The second kappa shape index (κ2) is 6.33. The third-order valence-corrected chi connectivity index (χ3v) is 3.12. The molecule has 1 aromatic heterocycles. The van der Waals surface area contributed by atoms with Crippen molar-refractivity contribution in [3.05, 3.63) is 12.2 Å². The van der Waals surface area contributed by atoms with Gasteiger partial charge in [0.1, 0.15) is 12.2 Å². The van der Waals surface area contributed by atoms with E-state index in [9.17, 15) is 9.59 Å². The number of carboxylic acids is 1. The predicted octanol–water partition coefficient (Wildman–Crippen LogP) is -0.720. The molecular formula is C11H17N5O4. The zero-order valence-electron chi connectivity index (χ0n) is 10.9. The number of ether oxygens (including phenoxy) is 1. The lowest BCUT2D eigenvalue weighted by atomic mass is 9.99. The number of amides is 2. The molecule has 110 valence electrons. The molecule has 1 aromatic rings. The molecule has 2 heterocycles. The summed E-state index contributed by atoms with van der Waals surface area (Å²) in [6, 6.07) is -0.504. The number of aryl methyl sites for hydroxylation is 1. The number of urea groups is 1. The Kier molecular flexibility index (Phi) is 4.51. The van der Waals surface area contributed by atoms with Crippen LogP contribution in [0.4, 0.5) is 4.79 Å². The number of aromatic nitrogens is 3. The summed E-state index contributed by atoms with van der Waals surface area (Å²) in [6.45, 7) is 0.745. The van der Waals surface area contributed by atoms with Crippen LogP contribution in [0.15, 0.2) is 6.33 Å². The van der Waals surface area contributed by atoms with Gasteiger partial charge >= 0.3 is 12.0 Å². The molecule has 0 aromatic carbocycles. The van der Waals surface area contributed by atoms with E-state index in [0.717, 1.165) is 5.82 Å². The summed E-state index contributed by atoms with van der Waals surface area (Å²) < 4.78 is 5.05. The highest BCUT2D eigenvalue weighted by molar-refractivity contribution is 5.86. The van der Waals surface area contributed by atoms with Gasteiger partial charge in [-0.05, 0) is 6.42 Å². The van der Waals surface area contributed by atoms with E-state index in [1.54, 1.807) is 0 Å². The van der Waals surface area contributed by atoms with E-state index < -0.39 is 17.5 Å². The summed E-state index contributed by atoms with van der Waals surface area (Å²) in [6.07, 6.45) is 3.03. The van der Waals surface area contributed by atoms with E-state index >= 15 is 0 Å². The monoisotopic (exact) mass is 283 g/mol. The van der Waals surface area contributed by atoms with E-state index in [-0.39, 0.29) is 13.0 Å². The molecule has 4 N–H and O–H groups in total. The van der Waals surface area contributed by atoms with Gasteiger partial charge in [-0.2, -0.15) is 5.10 Å². The second-order valence-corrected chi connectivity index (χ2v) is 4.61. The number of rotatable bonds is 6. The molecule has 9 heteroatoms. The number of aromatic amines is 1. The van der Waals surface area contributed by atoms with E-state index in [0.29, 0.717) is 26.0 Å². The Bertz CT molecular complexity index is 455. The number of hydrogen-bond acceptors (Lipinski definition) is 5.